The molecule has 0 saturated carbocycles. The van der Waals surface area contributed by atoms with Gasteiger partial charge in [-0.1, -0.05) is 54.5 Å². The predicted octanol–water partition coefficient (Wildman–Crippen LogP) is 7.69. The molecule has 4 atom stereocenters. The lowest BCUT2D eigenvalue weighted by Crippen LogP contribution is -2.48. The van der Waals surface area contributed by atoms with Crippen molar-refractivity contribution < 1.29 is 13.6 Å². The highest BCUT2D eigenvalue weighted by Gasteiger charge is 2.45. The average molecular weight is 443 g/mol. The van der Waals surface area contributed by atoms with E-state index in [1.54, 1.807) is 0 Å². The van der Waals surface area contributed by atoms with Crippen LogP contribution < -0.4 is 0 Å². The summed E-state index contributed by atoms with van der Waals surface area (Å²) in [7, 11) is -3.65. The van der Waals surface area contributed by atoms with Crippen LogP contribution in [-0.2, 0) is 13.6 Å². The molecule has 1 heterocycles. The summed E-state index contributed by atoms with van der Waals surface area (Å²) in [4.78, 5) is 0. The van der Waals surface area contributed by atoms with Gasteiger partial charge in [-0.2, -0.15) is 0 Å². The normalized spacial score (nSPS) is 23.8. The summed E-state index contributed by atoms with van der Waals surface area (Å²) < 4.78 is 20.3. The van der Waals surface area contributed by atoms with Crippen molar-refractivity contribution in [2.24, 2.45) is 0 Å². The molecule has 0 radical (unpaired) electrons. The summed E-state index contributed by atoms with van der Waals surface area (Å²) in [6.07, 6.45) is 7.82. The number of hydrogen-bond donors (Lipinski definition) is 0. The van der Waals surface area contributed by atoms with Crippen LogP contribution in [0.2, 0.25) is 36.3 Å². The molecular weight excluding hydrogens is 392 g/mol. The fourth-order valence-corrected chi connectivity index (χ4v) is 6.18. The molecule has 0 amide bonds. The maximum absolute atomic E-state index is 6.84. The van der Waals surface area contributed by atoms with E-state index in [-0.39, 0.29) is 34.5 Å². The Hall–Kier alpha value is 0.0538. The Balaban J connectivity index is 2.89. The molecule has 0 aromatic rings. The van der Waals surface area contributed by atoms with E-state index in [0.717, 1.165) is 32.1 Å². The molecule has 1 aliphatic heterocycles. The SMILES string of the molecule is C=CCC[C@H](O[Si](C)(C)C(C)(C)C)[C@@H]1CC[C@H]([C@@H](CC)O[Si](C)(C)C(C)(C)C)O1. The lowest BCUT2D eigenvalue weighted by Gasteiger charge is -2.42. The topological polar surface area (TPSA) is 27.7 Å². The summed E-state index contributed by atoms with van der Waals surface area (Å²) in [6.45, 7) is 29.4. The molecule has 0 aliphatic carbocycles. The van der Waals surface area contributed by atoms with Crippen LogP contribution in [0.1, 0.15) is 80.6 Å². The first-order valence-corrected chi connectivity index (χ1v) is 17.5. The van der Waals surface area contributed by atoms with Gasteiger partial charge in [0.25, 0.3) is 0 Å². The van der Waals surface area contributed by atoms with Crippen molar-refractivity contribution >= 4 is 16.6 Å². The van der Waals surface area contributed by atoms with E-state index in [1.165, 1.54) is 0 Å². The minimum absolute atomic E-state index is 0.157. The zero-order valence-corrected chi connectivity index (χ0v) is 23.4. The minimum Gasteiger partial charge on any atom is -0.411 e. The van der Waals surface area contributed by atoms with E-state index in [2.05, 4.69) is 81.2 Å². The third kappa shape index (κ3) is 7.31. The Morgan fingerprint density at radius 2 is 1.31 bits per heavy atom. The zero-order chi connectivity index (χ0) is 22.7. The van der Waals surface area contributed by atoms with Gasteiger partial charge in [-0.05, 0) is 68.4 Å². The highest BCUT2D eigenvalue weighted by Crippen LogP contribution is 2.42. The first kappa shape index (κ1) is 27.1. The summed E-state index contributed by atoms with van der Waals surface area (Å²) in [5.74, 6) is 0. The van der Waals surface area contributed by atoms with Crippen LogP contribution in [0, 0.1) is 0 Å². The van der Waals surface area contributed by atoms with Gasteiger partial charge >= 0.3 is 0 Å². The van der Waals surface area contributed by atoms with Gasteiger partial charge in [-0.15, -0.1) is 6.58 Å². The van der Waals surface area contributed by atoms with Crippen LogP contribution in [0.25, 0.3) is 0 Å². The van der Waals surface area contributed by atoms with Crippen molar-refractivity contribution in [3.8, 4) is 0 Å². The van der Waals surface area contributed by atoms with Crippen molar-refractivity contribution in [1.82, 2.24) is 0 Å². The van der Waals surface area contributed by atoms with Crippen LogP contribution in [0.4, 0.5) is 0 Å². The van der Waals surface area contributed by atoms with Crippen molar-refractivity contribution in [3.05, 3.63) is 12.7 Å². The van der Waals surface area contributed by atoms with Gasteiger partial charge in [-0.3, -0.25) is 0 Å². The molecule has 1 fully saturated rings. The van der Waals surface area contributed by atoms with Crippen molar-refractivity contribution in [2.75, 3.05) is 0 Å². The molecule has 3 nitrogen and oxygen atoms in total. The second-order valence-corrected chi connectivity index (χ2v) is 21.4. The molecule has 172 valence electrons. The first-order chi connectivity index (χ1) is 13.1. The van der Waals surface area contributed by atoms with Crippen LogP contribution in [-0.4, -0.2) is 41.1 Å². The van der Waals surface area contributed by atoms with Gasteiger partial charge in [0, 0.05) is 0 Å². The summed E-state index contributed by atoms with van der Waals surface area (Å²) >= 11 is 0. The van der Waals surface area contributed by atoms with E-state index >= 15 is 0 Å². The number of rotatable bonds is 10. The van der Waals surface area contributed by atoms with E-state index in [1.807, 2.05) is 6.08 Å². The first-order valence-electron chi connectivity index (χ1n) is 11.7. The molecule has 0 spiro atoms. The van der Waals surface area contributed by atoms with Crippen LogP contribution >= 0.6 is 0 Å². The fourth-order valence-electron chi connectivity index (χ4n) is 3.37. The predicted molar refractivity (Wildman–Crippen MR) is 132 cm³/mol. The van der Waals surface area contributed by atoms with E-state index < -0.39 is 16.6 Å². The maximum Gasteiger partial charge on any atom is 0.192 e. The summed E-state index contributed by atoms with van der Waals surface area (Å²) in [5, 5.41) is 0.422. The van der Waals surface area contributed by atoms with E-state index in [4.69, 9.17) is 13.6 Å². The molecule has 0 unspecified atom stereocenters. The lowest BCUT2D eigenvalue weighted by atomic mass is 10.0. The summed E-state index contributed by atoms with van der Waals surface area (Å²) in [6, 6.07) is 0. The van der Waals surface area contributed by atoms with E-state index in [9.17, 15) is 0 Å². The molecule has 5 heteroatoms. The molecule has 1 rings (SSSR count). The second kappa shape index (κ2) is 10.1. The number of allylic oxidation sites excluding steroid dienone is 1. The third-order valence-electron chi connectivity index (χ3n) is 7.48. The molecule has 0 N–H and O–H groups in total. The largest absolute Gasteiger partial charge is 0.411 e. The smallest absolute Gasteiger partial charge is 0.192 e. The number of ether oxygens (including phenoxy) is 1. The monoisotopic (exact) mass is 442 g/mol. The highest BCUT2D eigenvalue weighted by molar-refractivity contribution is 6.74. The van der Waals surface area contributed by atoms with Crippen molar-refractivity contribution in [2.45, 2.75) is 141 Å². The molecular formula is C24H50O3Si2. The molecule has 0 aromatic carbocycles. The van der Waals surface area contributed by atoms with Crippen LogP contribution in [0.3, 0.4) is 0 Å². The minimum atomic E-state index is -1.84. The van der Waals surface area contributed by atoms with Crippen LogP contribution in [0.15, 0.2) is 12.7 Å². The van der Waals surface area contributed by atoms with Gasteiger partial charge < -0.3 is 13.6 Å². The van der Waals surface area contributed by atoms with Gasteiger partial charge in [0.1, 0.15) is 0 Å². The Morgan fingerprint density at radius 1 is 0.897 bits per heavy atom. The molecule has 0 bridgehead atoms. The van der Waals surface area contributed by atoms with Crippen molar-refractivity contribution in [3.63, 3.8) is 0 Å². The maximum atomic E-state index is 6.84. The van der Waals surface area contributed by atoms with Gasteiger partial charge in [0.15, 0.2) is 16.6 Å². The Morgan fingerprint density at radius 3 is 1.69 bits per heavy atom. The van der Waals surface area contributed by atoms with Gasteiger partial charge in [-0.25, -0.2) is 0 Å². The lowest BCUT2D eigenvalue weighted by molar-refractivity contribution is -0.0694. The Bertz CT molecular complexity index is 517. The fraction of sp³-hybridized carbons (Fsp3) is 0.917. The molecule has 29 heavy (non-hydrogen) atoms. The van der Waals surface area contributed by atoms with E-state index in [0.29, 0.717) is 0 Å². The Labute approximate surface area is 184 Å². The Kier molecular flexibility index (Phi) is 9.45. The molecule has 1 aliphatic rings. The quantitative estimate of drug-likeness (QED) is 0.256. The van der Waals surface area contributed by atoms with Crippen molar-refractivity contribution in [1.29, 1.82) is 0 Å². The second-order valence-electron chi connectivity index (χ2n) is 11.9. The zero-order valence-electron chi connectivity index (χ0n) is 21.4. The number of hydrogen-bond acceptors (Lipinski definition) is 3. The van der Waals surface area contributed by atoms with Gasteiger partial charge in [0.05, 0.1) is 24.4 Å². The van der Waals surface area contributed by atoms with Crippen LogP contribution in [0.5, 0.6) is 0 Å². The average Bonchev–Trinajstić information content (AvgIpc) is 3.04. The molecule has 1 saturated heterocycles. The summed E-state index contributed by atoms with van der Waals surface area (Å²) in [5.41, 5.74) is 0. The highest BCUT2D eigenvalue weighted by atomic mass is 28.4. The standard InChI is InChI=1S/C24H50O3Si2/c1-13-15-16-22(27-29(11,12)24(6,7)8)21-18-17-20(25-21)19(14-2)26-28(9,10)23(3,4)5/h13,19-22H,1,14-18H2,2-12H3/t19-,20-,21+,22+/m1/s1. The van der Waals surface area contributed by atoms with Gasteiger partial charge in [0.2, 0.25) is 0 Å². The third-order valence-corrected chi connectivity index (χ3v) is 16.5. The molecule has 0 aromatic heterocycles.